The minimum Gasteiger partial charge on any atom is -0.406 e. The van der Waals surface area contributed by atoms with Crippen LogP contribution in [0.15, 0.2) is 48.5 Å². The third-order valence-corrected chi connectivity index (χ3v) is 4.73. The fourth-order valence-electron chi connectivity index (χ4n) is 3.53. The highest BCUT2D eigenvalue weighted by atomic mass is 19.4. The molecule has 1 aliphatic heterocycles. The van der Waals surface area contributed by atoms with E-state index in [1.807, 2.05) is 24.3 Å². The van der Waals surface area contributed by atoms with Crippen LogP contribution < -0.4 is 10.1 Å². The highest BCUT2D eigenvalue weighted by Gasteiger charge is 2.31. The first kappa shape index (κ1) is 22.1. The summed E-state index contributed by atoms with van der Waals surface area (Å²) in [5.41, 5.74) is 2.39. The maximum Gasteiger partial charge on any atom is 0.573 e. The number of morpholine rings is 1. The zero-order valence-corrected chi connectivity index (χ0v) is 16.9. The van der Waals surface area contributed by atoms with Crippen LogP contribution in [0, 0.1) is 0 Å². The molecule has 0 saturated carbocycles. The second kappa shape index (κ2) is 9.49. The van der Waals surface area contributed by atoms with Gasteiger partial charge >= 0.3 is 6.36 Å². The van der Waals surface area contributed by atoms with Crippen molar-refractivity contribution >= 4 is 5.91 Å². The molecule has 2 aromatic rings. The first-order valence-corrected chi connectivity index (χ1v) is 9.77. The van der Waals surface area contributed by atoms with Gasteiger partial charge in [-0.3, -0.25) is 9.69 Å². The number of hydrogen-bond donors (Lipinski definition) is 1. The molecule has 0 bridgehead atoms. The molecule has 5 nitrogen and oxygen atoms in total. The molecule has 0 aliphatic carbocycles. The van der Waals surface area contributed by atoms with E-state index < -0.39 is 6.36 Å². The van der Waals surface area contributed by atoms with Crippen LogP contribution in [0.1, 0.15) is 35.3 Å². The van der Waals surface area contributed by atoms with Gasteiger partial charge in [-0.15, -0.1) is 13.2 Å². The number of hydrogen-bond acceptors (Lipinski definition) is 4. The first-order chi connectivity index (χ1) is 14.2. The van der Waals surface area contributed by atoms with Gasteiger partial charge in [0.2, 0.25) is 0 Å². The SMILES string of the molecule is CC1CN(Cc2ccc(CNC(=O)c3ccc(OC(F)(F)F)cc3)cc2)CC(C)O1. The lowest BCUT2D eigenvalue weighted by Gasteiger charge is -2.35. The summed E-state index contributed by atoms with van der Waals surface area (Å²) < 4.78 is 46.1. The Kier molecular flexibility index (Phi) is 6.99. The summed E-state index contributed by atoms with van der Waals surface area (Å²) >= 11 is 0. The van der Waals surface area contributed by atoms with Gasteiger partial charge in [0.05, 0.1) is 12.2 Å². The number of ether oxygens (including phenoxy) is 2. The predicted octanol–water partition coefficient (Wildman–Crippen LogP) is 4.12. The Hall–Kier alpha value is -2.58. The Bertz CT molecular complexity index is 828. The summed E-state index contributed by atoms with van der Waals surface area (Å²) in [5.74, 6) is -0.729. The Labute approximate surface area is 173 Å². The summed E-state index contributed by atoms with van der Waals surface area (Å²) in [6.07, 6.45) is -4.32. The van der Waals surface area contributed by atoms with Gasteiger partial charge in [0, 0.05) is 31.7 Å². The number of benzene rings is 2. The smallest absolute Gasteiger partial charge is 0.406 e. The summed E-state index contributed by atoms with van der Waals surface area (Å²) in [7, 11) is 0. The van der Waals surface area contributed by atoms with E-state index in [-0.39, 0.29) is 29.4 Å². The van der Waals surface area contributed by atoms with Crippen LogP contribution >= 0.6 is 0 Å². The lowest BCUT2D eigenvalue weighted by Crippen LogP contribution is -2.44. The maximum atomic E-state index is 12.2. The quantitative estimate of drug-likeness (QED) is 0.761. The van der Waals surface area contributed by atoms with Crippen molar-refractivity contribution in [2.24, 2.45) is 0 Å². The zero-order chi connectivity index (χ0) is 21.7. The van der Waals surface area contributed by atoms with Crippen LogP contribution in [0.25, 0.3) is 0 Å². The second-order valence-corrected chi connectivity index (χ2v) is 7.52. The largest absolute Gasteiger partial charge is 0.573 e. The molecule has 1 fully saturated rings. The minimum absolute atomic E-state index is 0.220. The fraction of sp³-hybridized carbons (Fsp3) is 0.409. The van der Waals surface area contributed by atoms with Crippen molar-refractivity contribution in [3.63, 3.8) is 0 Å². The number of rotatable bonds is 6. The van der Waals surface area contributed by atoms with Gasteiger partial charge in [-0.1, -0.05) is 24.3 Å². The van der Waals surface area contributed by atoms with Gasteiger partial charge in [-0.05, 0) is 49.2 Å². The van der Waals surface area contributed by atoms with Crippen molar-refractivity contribution in [2.75, 3.05) is 13.1 Å². The Morgan fingerprint density at radius 3 is 2.17 bits per heavy atom. The minimum atomic E-state index is -4.76. The van der Waals surface area contributed by atoms with Crippen molar-refractivity contribution in [1.82, 2.24) is 10.2 Å². The van der Waals surface area contributed by atoms with Crippen molar-refractivity contribution in [3.8, 4) is 5.75 Å². The number of halogens is 3. The lowest BCUT2D eigenvalue weighted by molar-refractivity contribution is -0.274. The molecule has 2 atom stereocenters. The molecule has 1 aliphatic rings. The van der Waals surface area contributed by atoms with Gasteiger partial charge in [-0.25, -0.2) is 0 Å². The number of nitrogens with one attached hydrogen (secondary N) is 1. The Morgan fingerprint density at radius 1 is 1.03 bits per heavy atom. The van der Waals surface area contributed by atoms with Gasteiger partial charge in [0.1, 0.15) is 5.75 Å². The highest BCUT2D eigenvalue weighted by Crippen LogP contribution is 2.22. The third-order valence-electron chi connectivity index (χ3n) is 4.73. The van der Waals surface area contributed by atoms with Crippen LogP contribution in [-0.4, -0.2) is 42.5 Å². The molecule has 162 valence electrons. The van der Waals surface area contributed by atoms with Gasteiger partial charge in [-0.2, -0.15) is 0 Å². The normalized spacial score (nSPS) is 20.0. The molecule has 1 heterocycles. The number of carbonyl (C=O) groups excluding carboxylic acids is 1. The van der Waals surface area contributed by atoms with E-state index in [2.05, 4.69) is 28.8 Å². The summed E-state index contributed by atoms with van der Waals surface area (Å²) in [6, 6.07) is 12.8. The maximum absolute atomic E-state index is 12.2. The summed E-state index contributed by atoms with van der Waals surface area (Å²) in [4.78, 5) is 14.6. The summed E-state index contributed by atoms with van der Waals surface area (Å²) in [5, 5.41) is 2.77. The molecule has 1 saturated heterocycles. The van der Waals surface area contributed by atoms with E-state index in [1.54, 1.807) is 0 Å². The Balaban J connectivity index is 1.49. The molecular weight excluding hydrogens is 397 g/mol. The molecule has 1 amide bonds. The average Bonchev–Trinajstić information content (AvgIpc) is 2.66. The average molecular weight is 422 g/mol. The third kappa shape index (κ3) is 6.74. The van der Waals surface area contributed by atoms with Crippen molar-refractivity contribution in [2.45, 2.75) is 45.5 Å². The predicted molar refractivity (Wildman–Crippen MR) is 106 cm³/mol. The van der Waals surface area contributed by atoms with Crippen LogP contribution in [0.4, 0.5) is 13.2 Å². The second-order valence-electron chi connectivity index (χ2n) is 7.52. The van der Waals surface area contributed by atoms with E-state index in [1.165, 1.54) is 17.7 Å². The molecule has 1 N–H and O–H groups in total. The van der Waals surface area contributed by atoms with Crippen molar-refractivity contribution in [3.05, 3.63) is 65.2 Å². The number of carbonyl (C=O) groups is 1. The van der Waals surface area contributed by atoms with E-state index in [0.29, 0.717) is 6.54 Å². The van der Waals surface area contributed by atoms with Gasteiger partial charge in [0.15, 0.2) is 0 Å². The van der Waals surface area contributed by atoms with Crippen molar-refractivity contribution < 1.29 is 27.4 Å². The van der Waals surface area contributed by atoms with Crippen LogP contribution in [0.5, 0.6) is 5.75 Å². The monoisotopic (exact) mass is 422 g/mol. The van der Waals surface area contributed by atoms with E-state index >= 15 is 0 Å². The molecule has 0 aromatic heterocycles. The zero-order valence-electron chi connectivity index (χ0n) is 16.9. The Morgan fingerprint density at radius 2 is 1.60 bits per heavy atom. The van der Waals surface area contributed by atoms with Crippen LogP contribution in [0.3, 0.4) is 0 Å². The first-order valence-electron chi connectivity index (χ1n) is 9.77. The van der Waals surface area contributed by atoms with E-state index in [4.69, 9.17) is 4.74 Å². The standard InChI is InChI=1S/C22H25F3N2O3/c1-15-12-27(13-16(2)29-15)14-18-5-3-17(4-6-18)11-26-21(28)19-7-9-20(10-8-19)30-22(23,24)25/h3-10,15-16H,11-14H2,1-2H3,(H,26,28). The van der Waals surface area contributed by atoms with Gasteiger partial charge < -0.3 is 14.8 Å². The number of amides is 1. The molecular formula is C22H25F3N2O3. The molecule has 8 heteroatoms. The molecule has 2 unspecified atom stereocenters. The fourth-order valence-corrected chi connectivity index (χ4v) is 3.53. The number of alkyl halides is 3. The molecule has 2 aromatic carbocycles. The van der Waals surface area contributed by atoms with E-state index in [0.717, 1.165) is 37.3 Å². The van der Waals surface area contributed by atoms with Gasteiger partial charge in [0.25, 0.3) is 5.91 Å². The lowest BCUT2D eigenvalue weighted by atomic mass is 10.1. The van der Waals surface area contributed by atoms with Crippen molar-refractivity contribution in [1.29, 1.82) is 0 Å². The molecule has 30 heavy (non-hydrogen) atoms. The molecule has 0 radical (unpaired) electrons. The molecule has 3 rings (SSSR count). The van der Waals surface area contributed by atoms with Crippen LogP contribution in [0.2, 0.25) is 0 Å². The topological polar surface area (TPSA) is 50.8 Å². The number of nitrogens with zero attached hydrogens (tertiary/aromatic N) is 1. The van der Waals surface area contributed by atoms with E-state index in [9.17, 15) is 18.0 Å². The molecule has 0 spiro atoms. The van der Waals surface area contributed by atoms with Crippen LogP contribution in [-0.2, 0) is 17.8 Å². The highest BCUT2D eigenvalue weighted by molar-refractivity contribution is 5.94. The summed E-state index contributed by atoms with van der Waals surface area (Å²) in [6.45, 7) is 7.11.